The second-order valence-electron chi connectivity index (χ2n) is 13.0. The molecule has 2 bridgehead atoms. The van der Waals surface area contributed by atoms with Gasteiger partial charge in [0.05, 0.1) is 4.90 Å². The van der Waals surface area contributed by atoms with Crippen LogP contribution in [0.2, 0.25) is 5.02 Å². The van der Waals surface area contributed by atoms with Crippen LogP contribution in [0, 0.1) is 0 Å². The van der Waals surface area contributed by atoms with E-state index in [0.29, 0.717) is 40.9 Å². The second-order valence-corrected chi connectivity index (χ2v) is 16.1. The summed E-state index contributed by atoms with van der Waals surface area (Å²) in [5.74, 6) is -4.59. The summed E-state index contributed by atoms with van der Waals surface area (Å²) in [4.78, 5) is 27.6. The Morgan fingerprint density at radius 2 is 1.54 bits per heavy atom. The Kier molecular flexibility index (Phi) is 10.7. The molecule has 0 spiro atoms. The van der Waals surface area contributed by atoms with Gasteiger partial charge in [-0.1, -0.05) is 51.8 Å². The molecule has 0 aromatic heterocycles. The number of carbonyl (C=O) groups excluding carboxylic acids is 2. The molecule has 3 aromatic rings. The van der Waals surface area contributed by atoms with Crippen molar-refractivity contribution in [2.75, 3.05) is 0 Å². The second kappa shape index (κ2) is 14.3. The third-order valence-corrected chi connectivity index (χ3v) is 10.5. The van der Waals surface area contributed by atoms with Crippen molar-refractivity contribution >= 4 is 49.6 Å². The van der Waals surface area contributed by atoms with Crippen LogP contribution >= 0.6 is 27.5 Å². The average molecular weight is 769 g/mol. The summed E-state index contributed by atoms with van der Waals surface area (Å²) >= 11 is 9.15. The highest BCUT2D eigenvalue weighted by Crippen LogP contribution is 2.40. The van der Waals surface area contributed by atoms with Crippen molar-refractivity contribution in [2.45, 2.75) is 93.6 Å². The van der Waals surface area contributed by atoms with E-state index in [2.05, 4.69) is 26.0 Å². The first kappa shape index (κ1) is 36.0. The van der Waals surface area contributed by atoms with Crippen LogP contribution in [0.25, 0.3) is 0 Å². The van der Waals surface area contributed by atoms with E-state index in [4.69, 9.17) is 21.1 Å². The van der Waals surface area contributed by atoms with Crippen molar-refractivity contribution in [1.29, 1.82) is 0 Å². The van der Waals surface area contributed by atoms with Gasteiger partial charge < -0.3 is 19.7 Å². The number of hydrogen-bond donors (Lipinski definition) is 2. The fourth-order valence-corrected chi connectivity index (χ4v) is 7.66. The van der Waals surface area contributed by atoms with Crippen molar-refractivity contribution in [2.24, 2.45) is 0 Å². The van der Waals surface area contributed by atoms with E-state index in [1.54, 1.807) is 45.0 Å². The zero-order valence-electron chi connectivity index (χ0n) is 26.6. The molecule has 5 rings (SSSR count). The molecule has 2 amide bonds. The Bertz CT molecular complexity index is 1710. The topological polar surface area (TPSA) is 114 Å². The summed E-state index contributed by atoms with van der Waals surface area (Å²) < 4.78 is 73.6. The molecule has 3 aromatic carbocycles. The molecular weight excluding hydrogens is 732 g/mol. The number of hydrogen-bond acceptors (Lipinski definition) is 6. The molecule has 2 heterocycles. The molecule has 2 fully saturated rings. The zero-order valence-corrected chi connectivity index (χ0v) is 29.7. The quantitative estimate of drug-likeness (QED) is 0.226. The molecule has 2 aliphatic rings. The number of halogens is 4. The Labute approximate surface area is 292 Å². The van der Waals surface area contributed by atoms with Gasteiger partial charge in [-0.25, -0.2) is 13.2 Å². The Hall–Kier alpha value is -3.26. The van der Waals surface area contributed by atoms with Crippen LogP contribution in [-0.2, 0) is 32.1 Å². The number of nitrogens with zero attached hydrogens (tertiary/aromatic N) is 1. The van der Waals surface area contributed by atoms with Crippen molar-refractivity contribution in [1.82, 2.24) is 14.9 Å². The maximum atomic E-state index is 16.3. The number of fused-ring (bicyclic) bond motifs is 2. The highest BCUT2D eigenvalue weighted by atomic mass is 79.9. The van der Waals surface area contributed by atoms with Gasteiger partial charge in [0.2, 0.25) is 15.9 Å². The lowest BCUT2D eigenvalue weighted by Gasteiger charge is -2.42. The van der Waals surface area contributed by atoms with E-state index in [1.165, 1.54) is 41.3 Å². The van der Waals surface area contributed by atoms with Gasteiger partial charge in [-0.05, 0) is 101 Å². The number of ether oxygens (including phenoxy) is 2. The zero-order chi connectivity index (χ0) is 34.9. The predicted molar refractivity (Wildman–Crippen MR) is 180 cm³/mol. The van der Waals surface area contributed by atoms with Crippen molar-refractivity contribution in [3.63, 3.8) is 0 Å². The fraction of sp³-hybridized carbons (Fsp3) is 0.412. The lowest BCUT2D eigenvalue weighted by Crippen LogP contribution is -2.61. The van der Waals surface area contributed by atoms with Crippen LogP contribution in [0.4, 0.5) is 13.6 Å². The molecule has 3 unspecified atom stereocenters. The van der Waals surface area contributed by atoms with Crippen LogP contribution in [0.1, 0.15) is 57.6 Å². The number of carbonyl (C=O) groups is 2. The van der Waals surface area contributed by atoms with Gasteiger partial charge in [0.25, 0.3) is 5.92 Å². The fourth-order valence-electron chi connectivity index (χ4n) is 6.08. The molecular formula is C34H37BrClF2N3O6S. The number of benzene rings is 3. The first-order valence-electron chi connectivity index (χ1n) is 15.5. The lowest BCUT2D eigenvalue weighted by molar-refractivity contribution is -0.149. The third kappa shape index (κ3) is 8.66. The largest absolute Gasteiger partial charge is 0.489 e. The van der Waals surface area contributed by atoms with E-state index in [9.17, 15) is 18.0 Å². The number of alkyl halides is 2. The highest BCUT2D eigenvalue weighted by Gasteiger charge is 2.54. The summed E-state index contributed by atoms with van der Waals surface area (Å²) in [6.45, 7) is 5.43. The molecule has 0 radical (unpaired) electrons. The smallest absolute Gasteiger partial charge is 0.407 e. The van der Waals surface area contributed by atoms with Crippen LogP contribution in [0.3, 0.4) is 0 Å². The summed E-state index contributed by atoms with van der Waals surface area (Å²) in [5.41, 5.74) is -0.382. The monoisotopic (exact) mass is 767 g/mol. The van der Waals surface area contributed by atoms with Gasteiger partial charge in [0, 0.05) is 33.2 Å². The van der Waals surface area contributed by atoms with Gasteiger partial charge in [0.15, 0.2) is 6.04 Å². The van der Waals surface area contributed by atoms with Gasteiger partial charge >= 0.3 is 6.09 Å². The molecule has 3 atom stereocenters. The number of sulfonamides is 1. The SMILES string of the molecule is CC(C)(C)OC(=O)NC1CC2CCC(C1)N2C(=O)C(NS(=O)(=O)c1ccc(OCc2ccc(Cl)cc2)cc1)C(F)(F)c1ccc(Br)cc1. The number of alkyl carbamates (subject to hydrolysis) is 1. The van der Waals surface area contributed by atoms with Crippen molar-refractivity contribution < 1.29 is 36.3 Å². The molecule has 258 valence electrons. The molecule has 14 heteroatoms. The molecule has 9 nitrogen and oxygen atoms in total. The van der Waals surface area contributed by atoms with Gasteiger partial charge in [-0.3, -0.25) is 4.79 Å². The maximum absolute atomic E-state index is 16.3. The number of rotatable bonds is 10. The van der Waals surface area contributed by atoms with Crippen LogP contribution in [-0.4, -0.2) is 55.1 Å². The lowest BCUT2D eigenvalue weighted by atomic mass is 9.94. The first-order chi connectivity index (χ1) is 22.5. The third-order valence-electron chi connectivity index (χ3n) is 8.27. The Balaban J connectivity index is 1.36. The predicted octanol–water partition coefficient (Wildman–Crippen LogP) is 7.17. The van der Waals surface area contributed by atoms with E-state index >= 15 is 8.78 Å². The molecule has 48 heavy (non-hydrogen) atoms. The molecule has 0 aliphatic carbocycles. The van der Waals surface area contributed by atoms with Crippen LogP contribution < -0.4 is 14.8 Å². The summed E-state index contributed by atoms with van der Waals surface area (Å²) in [6, 6.07) is 13.7. The Morgan fingerprint density at radius 1 is 0.958 bits per heavy atom. The van der Waals surface area contributed by atoms with Gasteiger partial charge in [-0.15, -0.1) is 0 Å². The van der Waals surface area contributed by atoms with E-state index in [1.807, 2.05) is 0 Å². The van der Waals surface area contributed by atoms with E-state index in [0.717, 1.165) is 17.7 Å². The standard InChI is InChI=1S/C34H37BrClF2N3O6S/c1-33(2,3)47-32(43)39-25-18-26-12-13-27(19-25)41(26)31(42)30(34(37,38)22-6-8-23(35)9-7-22)40-48(44,45)29-16-14-28(15-17-29)46-20-21-4-10-24(36)11-5-21/h4-11,14-17,25-27,30,40H,12-13,18-20H2,1-3H3,(H,39,43). The maximum Gasteiger partial charge on any atom is 0.407 e. The van der Waals surface area contributed by atoms with Crippen molar-refractivity contribution in [3.05, 3.63) is 93.4 Å². The number of nitrogens with one attached hydrogen (secondary N) is 2. The molecule has 2 saturated heterocycles. The summed E-state index contributed by atoms with van der Waals surface area (Å²) in [5, 5.41) is 3.41. The highest BCUT2D eigenvalue weighted by molar-refractivity contribution is 9.10. The minimum atomic E-state index is -4.62. The van der Waals surface area contributed by atoms with E-state index in [-0.39, 0.29) is 17.5 Å². The summed E-state index contributed by atoms with van der Waals surface area (Å²) in [7, 11) is -4.62. The first-order valence-corrected chi connectivity index (χ1v) is 18.1. The van der Waals surface area contributed by atoms with Gasteiger partial charge in [0.1, 0.15) is 18.0 Å². The molecule has 0 saturated carbocycles. The number of piperidine rings is 1. The normalized spacial score (nSPS) is 20.2. The van der Waals surface area contributed by atoms with Crippen molar-refractivity contribution in [3.8, 4) is 5.75 Å². The van der Waals surface area contributed by atoms with Crippen LogP contribution in [0.15, 0.2) is 82.2 Å². The molecule has 2 aliphatic heterocycles. The Morgan fingerprint density at radius 3 is 2.10 bits per heavy atom. The summed E-state index contributed by atoms with van der Waals surface area (Å²) in [6.07, 6.45) is 1.11. The minimum absolute atomic E-state index is 0.198. The molecule has 2 N–H and O–H groups in total. The minimum Gasteiger partial charge on any atom is -0.489 e. The average Bonchev–Trinajstić information content (AvgIpc) is 3.28. The van der Waals surface area contributed by atoms with Crippen LogP contribution in [0.5, 0.6) is 5.75 Å². The number of amides is 2. The van der Waals surface area contributed by atoms with Gasteiger partial charge in [-0.2, -0.15) is 13.5 Å². The van der Waals surface area contributed by atoms with E-state index < -0.39 is 57.2 Å².